The lowest BCUT2D eigenvalue weighted by molar-refractivity contribution is -0.137. The van der Waals surface area contributed by atoms with Crippen molar-refractivity contribution in [3.05, 3.63) is 125 Å². The Balaban J connectivity index is 1.15. The second kappa shape index (κ2) is 12.8. The maximum absolute atomic E-state index is 12.8. The lowest BCUT2D eigenvalue weighted by Crippen LogP contribution is -2.33. The van der Waals surface area contributed by atoms with Crippen LogP contribution in [0.2, 0.25) is 0 Å². The molecule has 4 amide bonds. The maximum atomic E-state index is 12.8. The zero-order valence-corrected chi connectivity index (χ0v) is 22.7. The van der Waals surface area contributed by atoms with Gasteiger partial charge in [0, 0.05) is 29.2 Å². The molecule has 0 fully saturated rings. The van der Waals surface area contributed by atoms with E-state index in [1.54, 1.807) is 83.8 Å². The number of aliphatic carboxylic acids is 1. The fraction of sp³-hybridized carbons (Fsp3) is 0.152. The minimum Gasteiger partial charge on any atom is -0.481 e. The second-order valence-corrected chi connectivity index (χ2v) is 9.99. The summed E-state index contributed by atoms with van der Waals surface area (Å²) in [6.45, 7) is 0.632. The summed E-state index contributed by atoms with van der Waals surface area (Å²) in [4.78, 5) is 51.2. The van der Waals surface area contributed by atoms with Crippen LogP contribution < -0.4 is 20.9 Å². The van der Waals surface area contributed by atoms with Gasteiger partial charge in [-0.2, -0.15) is 0 Å². The van der Waals surface area contributed by atoms with E-state index in [4.69, 9.17) is 0 Å². The molecule has 0 radical (unpaired) electrons. The summed E-state index contributed by atoms with van der Waals surface area (Å²) in [6.07, 6.45) is 0.671. The number of carbonyl (C=O) groups is 4. The van der Waals surface area contributed by atoms with Gasteiger partial charge in [-0.1, -0.05) is 60.7 Å². The lowest BCUT2D eigenvalue weighted by Gasteiger charge is -2.18. The van der Waals surface area contributed by atoms with Gasteiger partial charge >= 0.3 is 12.0 Å². The van der Waals surface area contributed by atoms with E-state index >= 15 is 0 Å². The van der Waals surface area contributed by atoms with Crippen LogP contribution >= 0.6 is 0 Å². The van der Waals surface area contributed by atoms with Crippen molar-refractivity contribution in [3.63, 3.8) is 0 Å². The molecule has 42 heavy (non-hydrogen) atoms. The second-order valence-electron chi connectivity index (χ2n) is 9.99. The van der Waals surface area contributed by atoms with Crippen molar-refractivity contribution in [2.24, 2.45) is 0 Å². The van der Waals surface area contributed by atoms with Crippen molar-refractivity contribution < 1.29 is 24.3 Å². The third kappa shape index (κ3) is 7.00. The van der Waals surface area contributed by atoms with E-state index in [-0.39, 0.29) is 30.7 Å². The molecule has 1 atom stereocenters. The number of anilines is 3. The highest BCUT2D eigenvalue weighted by Gasteiger charge is 2.24. The van der Waals surface area contributed by atoms with E-state index in [9.17, 15) is 24.3 Å². The molecule has 1 aliphatic heterocycles. The Labute approximate surface area is 243 Å². The van der Waals surface area contributed by atoms with Gasteiger partial charge in [-0.15, -0.1) is 0 Å². The number of fused-ring (bicyclic) bond motifs is 1. The van der Waals surface area contributed by atoms with Gasteiger partial charge < -0.3 is 21.1 Å². The highest BCUT2D eigenvalue weighted by Crippen LogP contribution is 2.28. The quantitative estimate of drug-likeness (QED) is 0.217. The summed E-state index contributed by atoms with van der Waals surface area (Å²) in [5.41, 5.74) is 5.07. The predicted molar refractivity (Wildman–Crippen MR) is 161 cm³/mol. The third-order valence-corrected chi connectivity index (χ3v) is 7.02. The highest BCUT2D eigenvalue weighted by molar-refractivity contribution is 6.03. The summed E-state index contributed by atoms with van der Waals surface area (Å²) in [5, 5.41) is 17.9. The monoisotopic (exact) mass is 562 g/mol. The summed E-state index contributed by atoms with van der Waals surface area (Å²) in [6, 6.07) is 29.3. The van der Waals surface area contributed by atoms with Crippen LogP contribution in [0.4, 0.5) is 21.9 Å². The molecule has 1 aliphatic rings. The molecule has 0 spiro atoms. The number of para-hydroxylation sites is 1. The van der Waals surface area contributed by atoms with E-state index in [1.165, 1.54) is 0 Å². The molecule has 4 aromatic carbocycles. The van der Waals surface area contributed by atoms with Crippen LogP contribution in [0.3, 0.4) is 0 Å². The Morgan fingerprint density at radius 2 is 1.40 bits per heavy atom. The van der Waals surface area contributed by atoms with E-state index < -0.39 is 12.0 Å². The SMILES string of the molecule is O=C(O)C[C@H](NC(=O)c1ccccc1)c1ccc(NC(=O)Cc2ccc(NC(=O)N3CCc4ccccc43)cc2)cc1. The molecule has 0 aliphatic carbocycles. The molecule has 9 heteroatoms. The van der Waals surface area contributed by atoms with Gasteiger partial charge in [0.25, 0.3) is 5.91 Å². The summed E-state index contributed by atoms with van der Waals surface area (Å²) >= 11 is 0. The summed E-state index contributed by atoms with van der Waals surface area (Å²) in [5.74, 6) is -1.64. The molecule has 0 saturated heterocycles. The van der Waals surface area contributed by atoms with Crippen molar-refractivity contribution in [2.75, 3.05) is 22.1 Å². The van der Waals surface area contributed by atoms with Crippen molar-refractivity contribution in [1.29, 1.82) is 0 Å². The first-order valence-corrected chi connectivity index (χ1v) is 13.6. The Morgan fingerprint density at radius 3 is 2.12 bits per heavy atom. The topological polar surface area (TPSA) is 128 Å². The van der Waals surface area contributed by atoms with Gasteiger partial charge in [-0.3, -0.25) is 19.3 Å². The number of benzene rings is 4. The Hall–Kier alpha value is -5.44. The van der Waals surface area contributed by atoms with Gasteiger partial charge in [0.1, 0.15) is 0 Å². The molecule has 212 valence electrons. The van der Waals surface area contributed by atoms with Gasteiger partial charge in [0.2, 0.25) is 5.91 Å². The smallest absolute Gasteiger partial charge is 0.326 e. The molecule has 0 aromatic heterocycles. The molecular weight excluding hydrogens is 532 g/mol. The fourth-order valence-electron chi connectivity index (χ4n) is 4.89. The first-order valence-electron chi connectivity index (χ1n) is 13.6. The van der Waals surface area contributed by atoms with Crippen molar-refractivity contribution >= 4 is 40.9 Å². The van der Waals surface area contributed by atoms with E-state index in [0.717, 1.165) is 23.2 Å². The molecule has 4 aromatic rings. The number of urea groups is 1. The number of carboxylic acid groups (broad SMARTS) is 1. The average Bonchev–Trinajstić information content (AvgIpc) is 3.43. The van der Waals surface area contributed by atoms with Crippen molar-refractivity contribution in [2.45, 2.75) is 25.3 Å². The number of carbonyl (C=O) groups excluding carboxylic acids is 3. The fourth-order valence-corrected chi connectivity index (χ4v) is 4.89. The summed E-state index contributed by atoms with van der Waals surface area (Å²) in [7, 11) is 0. The van der Waals surface area contributed by atoms with E-state index in [1.807, 2.05) is 24.3 Å². The van der Waals surface area contributed by atoms with Gasteiger partial charge in [0.05, 0.1) is 18.9 Å². The number of amides is 4. The Morgan fingerprint density at radius 1 is 0.762 bits per heavy atom. The number of nitrogens with zero attached hydrogens (tertiary/aromatic N) is 1. The standard InChI is InChI=1S/C33H30N4O5/c38-30(20-22-10-14-27(15-11-22)35-33(42)37-19-18-24-6-4-5-9-29(24)37)34-26-16-12-23(13-17-26)28(21-31(39)40)36-32(41)25-7-2-1-3-8-25/h1-17,28H,18-21H2,(H,34,38)(H,35,42)(H,36,41)(H,39,40)/t28-/m0/s1. The molecule has 5 rings (SSSR count). The number of hydrogen-bond acceptors (Lipinski definition) is 4. The molecule has 0 bridgehead atoms. The van der Waals surface area contributed by atoms with E-state index in [2.05, 4.69) is 16.0 Å². The van der Waals surface area contributed by atoms with Crippen LogP contribution in [0.5, 0.6) is 0 Å². The highest BCUT2D eigenvalue weighted by atomic mass is 16.4. The molecular formula is C33H30N4O5. The zero-order valence-electron chi connectivity index (χ0n) is 22.7. The number of nitrogens with one attached hydrogen (secondary N) is 3. The van der Waals surface area contributed by atoms with Gasteiger partial charge in [-0.25, -0.2) is 4.79 Å². The zero-order chi connectivity index (χ0) is 29.5. The summed E-state index contributed by atoms with van der Waals surface area (Å²) < 4.78 is 0. The van der Waals surface area contributed by atoms with E-state index in [0.29, 0.717) is 29.0 Å². The van der Waals surface area contributed by atoms with Crippen LogP contribution in [-0.4, -0.2) is 35.5 Å². The van der Waals surface area contributed by atoms with Gasteiger partial charge in [-0.05, 0) is 65.6 Å². The Kier molecular flexibility index (Phi) is 8.58. The van der Waals surface area contributed by atoms with Crippen molar-refractivity contribution in [1.82, 2.24) is 5.32 Å². The van der Waals surface area contributed by atoms with Crippen LogP contribution in [0.1, 0.15) is 39.5 Å². The number of hydrogen-bond donors (Lipinski definition) is 4. The first kappa shape index (κ1) is 28.1. The average molecular weight is 563 g/mol. The van der Waals surface area contributed by atoms with Crippen LogP contribution in [0.15, 0.2) is 103 Å². The minimum absolute atomic E-state index is 0.129. The molecule has 0 unspecified atom stereocenters. The maximum Gasteiger partial charge on any atom is 0.326 e. The van der Waals surface area contributed by atoms with Gasteiger partial charge in [0.15, 0.2) is 0 Å². The van der Waals surface area contributed by atoms with Crippen molar-refractivity contribution in [3.8, 4) is 0 Å². The lowest BCUT2D eigenvalue weighted by atomic mass is 10.0. The predicted octanol–water partition coefficient (Wildman–Crippen LogP) is 5.41. The number of rotatable bonds is 9. The third-order valence-electron chi connectivity index (χ3n) is 7.02. The Bertz CT molecular complexity index is 1590. The van der Waals surface area contributed by atoms with Crippen LogP contribution in [0, 0.1) is 0 Å². The molecule has 0 saturated carbocycles. The molecule has 1 heterocycles. The normalized spacial score (nSPS) is 12.6. The van der Waals surface area contributed by atoms with Crippen LogP contribution in [-0.2, 0) is 22.4 Å². The van der Waals surface area contributed by atoms with Crippen LogP contribution in [0.25, 0.3) is 0 Å². The number of carboxylic acids is 1. The first-order chi connectivity index (χ1) is 20.4. The molecule has 9 nitrogen and oxygen atoms in total. The largest absolute Gasteiger partial charge is 0.481 e. The minimum atomic E-state index is -1.04. The molecule has 4 N–H and O–H groups in total.